The van der Waals surface area contributed by atoms with E-state index < -0.39 is 67.1 Å². The first-order chi connectivity index (χ1) is 26.3. The number of rotatable bonds is 18. The van der Waals surface area contributed by atoms with Crippen molar-refractivity contribution in [3.63, 3.8) is 0 Å². The average Bonchev–Trinajstić information content (AvgIpc) is 3.20. The van der Waals surface area contributed by atoms with Crippen molar-refractivity contribution in [1.29, 1.82) is 0 Å². The number of carbonyl (C=O) groups excluding carboxylic acids is 2. The lowest BCUT2D eigenvalue weighted by atomic mass is 9.88. The van der Waals surface area contributed by atoms with Crippen molar-refractivity contribution in [2.24, 2.45) is 17.0 Å². The summed E-state index contributed by atoms with van der Waals surface area (Å²) in [5.74, 6) is -2.09. The highest BCUT2D eigenvalue weighted by Gasteiger charge is 2.52. The number of ether oxygens (including phenoxy) is 7. The second-order valence-corrected chi connectivity index (χ2v) is 13.7. The number of benzene rings is 3. The summed E-state index contributed by atoms with van der Waals surface area (Å²) in [6.45, 7) is 6.83. The first-order valence-electron chi connectivity index (χ1n) is 18.7. The number of aliphatic hydroxyl groups is 1. The van der Waals surface area contributed by atoms with Crippen LogP contribution in [0.25, 0.3) is 10.4 Å². The largest absolute Gasteiger partial charge is 0.451 e. The Morgan fingerprint density at radius 2 is 1.35 bits per heavy atom. The fourth-order valence-corrected chi connectivity index (χ4v) is 6.70. The van der Waals surface area contributed by atoms with E-state index in [9.17, 15) is 14.7 Å². The molecule has 10 atom stereocenters. The van der Waals surface area contributed by atoms with Crippen LogP contribution in [0.4, 0.5) is 0 Å². The monoisotopic (exact) mass is 745 g/mol. The fourth-order valence-electron chi connectivity index (χ4n) is 6.70. The molecule has 54 heavy (non-hydrogen) atoms. The molecule has 2 heterocycles. The summed E-state index contributed by atoms with van der Waals surface area (Å²) in [6.07, 6.45) is -5.06. The van der Waals surface area contributed by atoms with Crippen LogP contribution in [0.2, 0.25) is 0 Å². The lowest BCUT2D eigenvalue weighted by Gasteiger charge is -2.48. The van der Waals surface area contributed by atoms with E-state index in [0.29, 0.717) is 43.5 Å². The summed E-state index contributed by atoms with van der Waals surface area (Å²) in [6, 6.07) is 26.8. The van der Waals surface area contributed by atoms with Crippen molar-refractivity contribution in [1.82, 2.24) is 0 Å². The molecule has 0 bridgehead atoms. The summed E-state index contributed by atoms with van der Waals surface area (Å²) in [7, 11) is 0. The topological polar surface area (TPSA) is 168 Å². The van der Waals surface area contributed by atoms with Crippen LogP contribution >= 0.6 is 0 Å². The highest BCUT2D eigenvalue weighted by molar-refractivity contribution is 5.90. The lowest BCUT2D eigenvalue weighted by molar-refractivity contribution is -0.346. The normalized spacial score (nSPS) is 28.1. The van der Waals surface area contributed by atoms with Crippen molar-refractivity contribution in [3.8, 4) is 0 Å². The number of esters is 2. The molecule has 0 radical (unpaired) electrons. The molecule has 0 saturated carbocycles. The van der Waals surface area contributed by atoms with Gasteiger partial charge >= 0.3 is 11.9 Å². The Morgan fingerprint density at radius 3 is 1.96 bits per heavy atom. The van der Waals surface area contributed by atoms with Gasteiger partial charge in [-0.3, -0.25) is 0 Å². The molecule has 0 amide bonds. The number of hydrogen-bond acceptors (Lipinski definition) is 11. The number of hydrogen-bond donors (Lipinski definition) is 1. The van der Waals surface area contributed by atoms with E-state index in [2.05, 4.69) is 10.0 Å². The molecule has 3 aromatic carbocycles. The molecule has 0 aliphatic carbocycles. The van der Waals surface area contributed by atoms with Gasteiger partial charge in [0.1, 0.15) is 12.2 Å². The van der Waals surface area contributed by atoms with Crippen LogP contribution in [0.15, 0.2) is 96.1 Å². The number of unbranched alkanes of at least 4 members (excludes halogenated alkanes) is 2. The average molecular weight is 746 g/mol. The van der Waals surface area contributed by atoms with Gasteiger partial charge in [0.05, 0.1) is 36.5 Å². The Bertz CT molecular complexity index is 1630. The first-order valence-corrected chi connectivity index (χ1v) is 18.7. The maximum Gasteiger partial charge on any atom is 0.338 e. The molecule has 13 heteroatoms. The van der Waals surface area contributed by atoms with Gasteiger partial charge in [0, 0.05) is 29.9 Å². The number of carbonyl (C=O) groups is 2. The third-order valence-electron chi connectivity index (χ3n) is 9.88. The quantitative estimate of drug-likeness (QED) is 0.0469. The van der Waals surface area contributed by atoms with E-state index in [4.69, 9.17) is 38.7 Å². The van der Waals surface area contributed by atoms with Crippen LogP contribution in [-0.2, 0) is 39.8 Å². The zero-order valence-corrected chi connectivity index (χ0v) is 31.1. The molecule has 13 nitrogen and oxygen atoms in total. The van der Waals surface area contributed by atoms with Crippen LogP contribution in [0.5, 0.6) is 0 Å². The summed E-state index contributed by atoms with van der Waals surface area (Å²) in [5, 5.41) is 15.2. The van der Waals surface area contributed by atoms with Crippen LogP contribution in [0.3, 0.4) is 0 Å². The van der Waals surface area contributed by atoms with E-state index in [1.165, 1.54) is 0 Å². The molecule has 3 aromatic rings. The zero-order chi connectivity index (χ0) is 38.3. The van der Waals surface area contributed by atoms with Crippen molar-refractivity contribution >= 4 is 11.9 Å². The molecule has 4 unspecified atom stereocenters. The molecular weight excluding hydrogens is 694 g/mol. The van der Waals surface area contributed by atoms with Crippen LogP contribution in [0.1, 0.15) is 72.7 Å². The maximum atomic E-state index is 13.7. The molecule has 2 aliphatic heterocycles. The molecule has 290 valence electrons. The van der Waals surface area contributed by atoms with E-state index in [1.54, 1.807) is 60.7 Å². The smallest absolute Gasteiger partial charge is 0.338 e. The molecule has 2 aliphatic rings. The van der Waals surface area contributed by atoms with Crippen molar-refractivity contribution < 1.29 is 47.9 Å². The maximum absolute atomic E-state index is 13.7. The lowest BCUT2D eigenvalue weighted by Crippen LogP contribution is -2.62. The first kappa shape index (κ1) is 40.8. The van der Waals surface area contributed by atoms with Gasteiger partial charge in [0.15, 0.2) is 24.8 Å². The molecule has 0 spiro atoms. The molecule has 5 rings (SSSR count). The van der Waals surface area contributed by atoms with E-state index in [1.807, 2.05) is 51.1 Å². The van der Waals surface area contributed by atoms with Gasteiger partial charge in [-0.15, -0.1) is 0 Å². The van der Waals surface area contributed by atoms with Crippen molar-refractivity contribution in [2.75, 3.05) is 19.8 Å². The predicted molar refractivity (Wildman–Crippen MR) is 198 cm³/mol. The SMILES string of the molecule is CCC1O[C@H](O[C@@H]2C(OC(=O)c3ccccc3)[C@@H](OCCCCCN=[N+]=[N-])OC(COCc3ccccc3)[C@H]2C)C(OC(=O)c2ccccc2)[C@@H](O)[C@@H]1C. The Balaban J connectivity index is 1.44. The minimum absolute atomic E-state index is 0.163. The Kier molecular flexibility index (Phi) is 15.8. The number of azide groups is 1. The highest BCUT2D eigenvalue weighted by atomic mass is 16.7. The Hall–Kier alpha value is -4.33. The summed E-state index contributed by atoms with van der Waals surface area (Å²) < 4.78 is 44.4. The van der Waals surface area contributed by atoms with Crippen LogP contribution in [-0.4, -0.2) is 86.0 Å². The minimum Gasteiger partial charge on any atom is -0.451 e. The molecule has 2 fully saturated rings. The van der Waals surface area contributed by atoms with Gasteiger partial charge in [-0.05, 0) is 54.6 Å². The molecular formula is C41H51N3O10. The van der Waals surface area contributed by atoms with Gasteiger partial charge in [-0.2, -0.15) is 0 Å². The number of nitrogens with zero attached hydrogens (tertiary/aromatic N) is 3. The Morgan fingerprint density at radius 1 is 0.759 bits per heavy atom. The molecule has 1 N–H and O–H groups in total. The highest BCUT2D eigenvalue weighted by Crippen LogP contribution is 2.37. The summed E-state index contributed by atoms with van der Waals surface area (Å²) >= 11 is 0. The third kappa shape index (κ3) is 11.1. The van der Waals surface area contributed by atoms with E-state index >= 15 is 0 Å². The van der Waals surface area contributed by atoms with Crippen molar-refractivity contribution in [3.05, 3.63) is 118 Å². The van der Waals surface area contributed by atoms with E-state index in [-0.39, 0.29) is 19.1 Å². The van der Waals surface area contributed by atoms with Crippen LogP contribution < -0.4 is 0 Å². The van der Waals surface area contributed by atoms with Gasteiger partial charge < -0.3 is 38.3 Å². The molecule has 2 saturated heterocycles. The van der Waals surface area contributed by atoms with Crippen LogP contribution in [0, 0.1) is 11.8 Å². The van der Waals surface area contributed by atoms with Gasteiger partial charge in [-0.1, -0.05) is 99.0 Å². The van der Waals surface area contributed by atoms with Gasteiger partial charge in [0.2, 0.25) is 0 Å². The minimum atomic E-state index is -1.23. The predicted octanol–water partition coefficient (Wildman–Crippen LogP) is 7.03. The fraction of sp³-hybridized carbons (Fsp3) is 0.512. The standard InChI is InChI=1S/C41H51N3O10/c1-4-32-27(2)34(45)36(52-38(46)30-19-11-6-12-20-30)41(50-32)54-35-28(3)33(26-48-25-29-17-9-5-10-18-29)51-40(49-24-16-8-15-23-43-44-42)37(35)53-39(47)31-21-13-7-14-22-31/h5-7,9-14,17-22,27-28,32-37,40-41,45H,4,8,15-16,23-26H2,1-3H3/t27-,28-,32?,33?,34+,35+,36?,37?,40+,41-/m1/s1. The molecule has 0 aromatic heterocycles. The van der Waals surface area contributed by atoms with Gasteiger partial charge in [-0.25, -0.2) is 9.59 Å². The second kappa shape index (κ2) is 20.9. The summed E-state index contributed by atoms with van der Waals surface area (Å²) in [5.41, 5.74) is 10.2. The number of aliphatic hydroxyl groups excluding tert-OH is 1. The van der Waals surface area contributed by atoms with E-state index in [0.717, 1.165) is 12.0 Å². The van der Waals surface area contributed by atoms with Gasteiger partial charge in [0.25, 0.3) is 0 Å². The Labute approximate surface area is 316 Å². The second-order valence-electron chi connectivity index (χ2n) is 13.7. The third-order valence-corrected chi connectivity index (χ3v) is 9.88. The summed E-state index contributed by atoms with van der Waals surface area (Å²) in [4.78, 5) is 29.8. The zero-order valence-electron chi connectivity index (χ0n) is 31.1. The van der Waals surface area contributed by atoms with Crippen molar-refractivity contribution in [2.45, 2.75) is 102 Å².